The van der Waals surface area contributed by atoms with Gasteiger partial charge in [0.2, 0.25) is 5.91 Å². The van der Waals surface area contributed by atoms with Crippen molar-refractivity contribution in [2.45, 2.75) is 44.6 Å². The zero-order chi connectivity index (χ0) is 17.7. The maximum atomic E-state index is 13.2. The van der Waals surface area contributed by atoms with E-state index in [1.54, 1.807) is 7.11 Å². The van der Waals surface area contributed by atoms with Gasteiger partial charge in [-0.1, -0.05) is 37.5 Å². The summed E-state index contributed by atoms with van der Waals surface area (Å²) in [4.78, 5) is 15.3. The van der Waals surface area contributed by atoms with Crippen molar-refractivity contribution in [3.8, 4) is 5.75 Å². The number of amides is 1. The Morgan fingerprint density at radius 2 is 2.08 bits per heavy atom. The molecule has 2 aliphatic rings. The van der Waals surface area contributed by atoms with Crippen LogP contribution in [0.25, 0.3) is 0 Å². The molecule has 2 fully saturated rings. The van der Waals surface area contributed by atoms with Crippen LogP contribution in [0.1, 0.15) is 50.1 Å². The quantitative estimate of drug-likeness (QED) is 0.860. The molecule has 1 aliphatic heterocycles. The predicted octanol–water partition coefficient (Wildman–Crippen LogP) is 2.47. The van der Waals surface area contributed by atoms with Gasteiger partial charge in [-0.3, -0.25) is 4.79 Å². The van der Waals surface area contributed by atoms with Crippen molar-refractivity contribution < 1.29 is 9.53 Å². The molecule has 5 nitrogen and oxygen atoms in total. The number of rotatable bonds is 5. The van der Waals surface area contributed by atoms with Crippen LogP contribution in [0, 0.1) is 5.41 Å². The Balaban J connectivity index is 1.79. The first-order chi connectivity index (χ1) is 12.2. The van der Waals surface area contributed by atoms with Crippen LogP contribution < -0.4 is 15.8 Å². The highest BCUT2D eigenvalue weighted by molar-refractivity contribution is 5.78. The summed E-state index contributed by atoms with van der Waals surface area (Å²) in [7, 11) is 1.69. The Bertz CT molecular complexity index is 584. The summed E-state index contributed by atoms with van der Waals surface area (Å²) < 4.78 is 5.53. The number of piperazine rings is 1. The van der Waals surface area contributed by atoms with Crippen molar-refractivity contribution in [3.63, 3.8) is 0 Å². The van der Waals surface area contributed by atoms with E-state index in [-0.39, 0.29) is 17.4 Å². The molecular weight excluding hydrogens is 314 g/mol. The third-order valence-electron chi connectivity index (χ3n) is 5.94. The highest BCUT2D eigenvalue weighted by atomic mass is 16.5. The van der Waals surface area contributed by atoms with Gasteiger partial charge in [0.1, 0.15) is 5.75 Å². The molecule has 3 N–H and O–H groups in total. The smallest absolute Gasteiger partial charge is 0.223 e. The Morgan fingerprint density at radius 3 is 2.80 bits per heavy atom. The van der Waals surface area contributed by atoms with Crippen LogP contribution in [0.5, 0.6) is 5.75 Å². The summed E-state index contributed by atoms with van der Waals surface area (Å²) in [5.74, 6) is 1.09. The van der Waals surface area contributed by atoms with Gasteiger partial charge in [0, 0.05) is 31.6 Å². The second kappa shape index (κ2) is 8.19. The minimum atomic E-state index is 0.00549. The fourth-order valence-electron chi connectivity index (χ4n) is 4.40. The Morgan fingerprint density at radius 1 is 1.32 bits per heavy atom. The van der Waals surface area contributed by atoms with E-state index in [1.165, 1.54) is 19.3 Å². The van der Waals surface area contributed by atoms with Gasteiger partial charge in [0.25, 0.3) is 0 Å². The van der Waals surface area contributed by atoms with E-state index in [0.717, 1.165) is 43.8 Å². The maximum absolute atomic E-state index is 13.2. The summed E-state index contributed by atoms with van der Waals surface area (Å²) in [5, 5.41) is 3.42. The summed E-state index contributed by atoms with van der Waals surface area (Å²) in [6.07, 6.45) is 6.41. The van der Waals surface area contributed by atoms with Crippen molar-refractivity contribution >= 4 is 5.91 Å². The van der Waals surface area contributed by atoms with Gasteiger partial charge in [0.15, 0.2) is 0 Å². The first-order valence-corrected chi connectivity index (χ1v) is 9.52. The fourth-order valence-corrected chi connectivity index (χ4v) is 4.40. The number of carbonyl (C=O) groups excluding carboxylic acids is 1. The predicted molar refractivity (Wildman–Crippen MR) is 99.5 cm³/mol. The van der Waals surface area contributed by atoms with Crippen LogP contribution in [-0.4, -0.2) is 44.1 Å². The van der Waals surface area contributed by atoms with E-state index in [0.29, 0.717) is 13.0 Å². The highest BCUT2D eigenvalue weighted by Crippen LogP contribution is 2.40. The second-order valence-corrected chi connectivity index (χ2v) is 7.49. The third-order valence-corrected chi connectivity index (χ3v) is 5.94. The molecule has 0 spiro atoms. The van der Waals surface area contributed by atoms with Crippen molar-refractivity contribution in [2.24, 2.45) is 11.1 Å². The van der Waals surface area contributed by atoms with Gasteiger partial charge in [-0.2, -0.15) is 0 Å². The second-order valence-electron chi connectivity index (χ2n) is 7.49. The molecule has 3 rings (SSSR count). The van der Waals surface area contributed by atoms with E-state index in [2.05, 4.69) is 11.4 Å². The van der Waals surface area contributed by atoms with Crippen LogP contribution in [0.4, 0.5) is 0 Å². The number of nitrogens with two attached hydrogens (primary N) is 1. The number of hydrogen-bond acceptors (Lipinski definition) is 4. The van der Waals surface area contributed by atoms with Crippen LogP contribution in [0.2, 0.25) is 0 Å². The number of ether oxygens (including phenoxy) is 1. The van der Waals surface area contributed by atoms with Crippen molar-refractivity contribution in [3.05, 3.63) is 29.8 Å². The largest absolute Gasteiger partial charge is 0.496 e. The van der Waals surface area contributed by atoms with Crippen molar-refractivity contribution in [2.75, 3.05) is 33.3 Å². The van der Waals surface area contributed by atoms with E-state index in [1.807, 2.05) is 23.1 Å². The number of para-hydroxylation sites is 1. The number of nitrogens with zero attached hydrogens (tertiary/aromatic N) is 1. The number of carbonyl (C=O) groups is 1. The highest BCUT2D eigenvalue weighted by Gasteiger charge is 2.37. The third kappa shape index (κ3) is 3.98. The first kappa shape index (κ1) is 18.2. The molecule has 1 aliphatic carbocycles. The molecule has 0 radical (unpaired) electrons. The molecule has 1 unspecified atom stereocenters. The molecule has 1 amide bonds. The number of nitrogens with one attached hydrogen (secondary N) is 1. The number of hydrogen-bond donors (Lipinski definition) is 2. The van der Waals surface area contributed by atoms with Crippen LogP contribution >= 0.6 is 0 Å². The maximum Gasteiger partial charge on any atom is 0.223 e. The average molecular weight is 345 g/mol. The lowest BCUT2D eigenvalue weighted by Gasteiger charge is -2.41. The normalized spacial score (nSPS) is 23.3. The lowest BCUT2D eigenvalue weighted by molar-refractivity contribution is -0.137. The fraction of sp³-hybridized carbons (Fsp3) is 0.650. The van der Waals surface area contributed by atoms with Gasteiger partial charge < -0.3 is 20.7 Å². The summed E-state index contributed by atoms with van der Waals surface area (Å²) in [5.41, 5.74) is 7.19. The van der Waals surface area contributed by atoms with E-state index in [4.69, 9.17) is 10.5 Å². The molecule has 5 heteroatoms. The van der Waals surface area contributed by atoms with Crippen molar-refractivity contribution in [1.82, 2.24) is 10.2 Å². The molecule has 1 aromatic carbocycles. The molecule has 25 heavy (non-hydrogen) atoms. The van der Waals surface area contributed by atoms with Crippen LogP contribution in [0.3, 0.4) is 0 Å². The monoisotopic (exact) mass is 345 g/mol. The topological polar surface area (TPSA) is 67.6 Å². The standard InChI is InChI=1S/C20H31N3O2/c1-25-18-8-4-3-7-16(18)17-14-22-11-12-23(17)19(24)13-20(15-21)9-5-2-6-10-20/h3-4,7-8,17,22H,2,5-6,9-15,21H2,1H3. The Labute approximate surface area is 150 Å². The van der Waals surface area contributed by atoms with Crippen LogP contribution in [-0.2, 0) is 4.79 Å². The molecule has 1 saturated heterocycles. The van der Waals surface area contributed by atoms with Gasteiger partial charge >= 0.3 is 0 Å². The lowest BCUT2D eigenvalue weighted by Crippen LogP contribution is -2.50. The van der Waals surface area contributed by atoms with Gasteiger partial charge in [0.05, 0.1) is 13.2 Å². The molecular formula is C20H31N3O2. The molecule has 1 aromatic rings. The Hall–Kier alpha value is -1.59. The van der Waals surface area contributed by atoms with E-state index >= 15 is 0 Å². The van der Waals surface area contributed by atoms with Gasteiger partial charge in [-0.25, -0.2) is 0 Å². The van der Waals surface area contributed by atoms with Gasteiger partial charge in [-0.05, 0) is 30.9 Å². The van der Waals surface area contributed by atoms with E-state index < -0.39 is 0 Å². The summed E-state index contributed by atoms with van der Waals surface area (Å²) >= 11 is 0. The Kier molecular flexibility index (Phi) is 5.97. The zero-order valence-corrected chi connectivity index (χ0v) is 15.3. The molecule has 138 valence electrons. The molecule has 0 aromatic heterocycles. The molecule has 1 heterocycles. The van der Waals surface area contributed by atoms with Crippen molar-refractivity contribution in [1.29, 1.82) is 0 Å². The zero-order valence-electron chi connectivity index (χ0n) is 15.3. The molecule has 0 bridgehead atoms. The first-order valence-electron chi connectivity index (χ1n) is 9.52. The number of methoxy groups -OCH3 is 1. The molecule has 1 saturated carbocycles. The lowest BCUT2D eigenvalue weighted by atomic mass is 9.71. The van der Waals surface area contributed by atoms with Crippen LogP contribution in [0.15, 0.2) is 24.3 Å². The van der Waals surface area contributed by atoms with E-state index in [9.17, 15) is 4.79 Å². The summed E-state index contributed by atoms with van der Waals surface area (Å²) in [6.45, 7) is 2.96. The van der Waals surface area contributed by atoms with Gasteiger partial charge in [-0.15, -0.1) is 0 Å². The summed E-state index contributed by atoms with van der Waals surface area (Å²) in [6, 6.07) is 8.04. The average Bonchev–Trinajstić information content (AvgIpc) is 2.68. The molecule has 1 atom stereocenters. The minimum absolute atomic E-state index is 0.00549. The number of benzene rings is 1. The minimum Gasteiger partial charge on any atom is -0.496 e. The SMILES string of the molecule is COc1ccccc1C1CNCCN1C(=O)CC1(CN)CCCCC1.